The maximum absolute atomic E-state index is 12.3. The number of halogens is 2. The fourth-order valence-electron chi connectivity index (χ4n) is 1.87. The van der Waals surface area contributed by atoms with Gasteiger partial charge in [-0.3, -0.25) is 0 Å². The first kappa shape index (κ1) is 16.1. The van der Waals surface area contributed by atoms with E-state index in [2.05, 4.69) is 9.71 Å². The van der Waals surface area contributed by atoms with Crippen LogP contribution in [0.3, 0.4) is 0 Å². The summed E-state index contributed by atoms with van der Waals surface area (Å²) in [6.07, 6.45) is 3.89. The molecule has 0 amide bonds. The number of anilines is 1. The van der Waals surface area contributed by atoms with Gasteiger partial charge in [0.05, 0.1) is 10.7 Å². The number of rotatable bonds is 5. The Morgan fingerprint density at radius 3 is 2.67 bits per heavy atom. The Labute approximate surface area is 132 Å². The molecule has 0 aliphatic heterocycles. The van der Waals surface area contributed by atoms with Crippen LogP contribution in [0.4, 0.5) is 5.69 Å². The van der Waals surface area contributed by atoms with Crippen LogP contribution in [0.15, 0.2) is 29.4 Å². The first-order chi connectivity index (χ1) is 9.81. The molecule has 9 heteroatoms. The van der Waals surface area contributed by atoms with Gasteiger partial charge in [0.25, 0.3) is 0 Å². The molecular weight excluding hydrogens is 335 g/mol. The van der Waals surface area contributed by atoms with Crippen molar-refractivity contribution in [2.45, 2.75) is 11.3 Å². The zero-order chi connectivity index (χ0) is 15.6. The van der Waals surface area contributed by atoms with Crippen molar-refractivity contribution in [2.75, 3.05) is 12.3 Å². The number of benzene rings is 1. The summed E-state index contributed by atoms with van der Waals surface area (Å²) in [5, 5.41) is 0.272. The predicted octanol–water partition coefficient (Wildman–Crippen LogP) is 1.83. The minimum atomic E-state index is -3.81. The second-order valence-electron chi connectivity index (χ2n) is 4.41. The Morgan fingerprint density at radius 1 is 1.38 bits per heavy atom. The summed E-state index contributed by atoms with van der Waals surface area (Å²) < 4.78 is 28.8. The molecule has 0 atom stereocenters. The van der Waals surface area contributed by atoms with Crippen LogP contribution in [-0.2, 0) is 23.5 Å². The van der Waals surface area contributed by atoms with E-state index in [1.54, 1.807) is 12.4 Å². The summed E-state index contributed by atoms with van der Waals surface area (Å²) in [6.45, 7) is 0.186. The van der Waals surface area contributed by atoms with Gasteiger partial charge in [0.2, 0.25) is 10.0 Å². The lowest BCUT2D eigenvalue weighted by Gasteiger charge is -2.11. The fraction of sp³-hybridized carbons (Fsp3) is 0.250. The lowest BCUT2D eigenvalue weighted by Crippen LogP contribution is -2.27. The molecule has 0 fully saturated rings. The maximum Gasteiger partial charge on any atom is 0.244 e. The van der Waals surface area contributed by atoms with Gasteiger partial charge in [-0.1, -0.05) is 23.2 Å². The van der Waals surface area contributed by atoms with Crippen molar-refractivity contribution in [3.8, 4) is 0 Å². The fourth-order valence-corrected chi connectivity index (χ4v) is 3.88. The smallest absolute Gasteiger partial charge is 0.244 e. The van der Waals surface area contributed by atoms with E-state index in [-0.39, 0.29) is 27.2 Å². The number of nitrogens with zero attached hydrogens (tertiary/aromatic N) is 2. The van der Waals surface area contributed by atoms with E-state index in [4.69, 9.17) is 28.9 Å². The molecular formula is C12H14Cl2N4O2S. The van der Waals surface area contributed by atoms with E-state index in [1.807, 2.05) is 11.6 Å². The summed E-state index contributed by atoms with van der Waals surface area (Å²) in [7, 11) is -1.97. The molecule has 114 valence electrons. The van der Waals surface area contributed by atoms with Gasteiger partial charge in [-0.2, -0.15) is 0 Å². The number of imidazole rings is 1. The van der Waals surface area contributed by atoms with Gasteiger partial charge >= 0.3 is 0 Å². The number of hydrogen-bond donors (Lipinski definition) is 2. The van der Waals surface area contributed by atoms with E-state index < -0.39 is 10.0 Å². The van der Waals surface area contributed by atoms with Crippen LogP contribution in [0, 0.1) is 0 Å². The van der Waals surface area contributed by atoms with E-state index in [0.717, 1.165) is 5.82 Å². The molecule has 1 aromatic carbocycles. The number of hydrogen-bond acceptors (Lipinski definition) is 4. The van der Waals surface area contributed by atoms with E-state index in [0.29, 0.717) is 6.42 Å². The Morgan fingerprint density at radius 2 is 2.10 bits per heavy atom. The second kappa shape index (κ2) is 6.23. The van der Waals surface area contributed by atoms with Crippen LogP contribution in [0.2, 0.25) is 10.0 Å². The highest BCUT2D eigenvalue weighted by Gasteiger charge is 2.21. The zero-order valence-corrected chi connectivity index (χ0v) is 13.5. The first-order valence-electron chi connectivity index (χ1n) is 6.01. The van der Waals surface area contributed by atoms with Gasteiger partial charge in [0, 0.05) is 37.4 Å². The highest BCUT2D eigenvalue weighted by molar-refractivity contribution is 7.89. The second-order valence-corrected chi connectivity index (χ2v) is 6.96. The van der Waals surface area contributed by atoms with E-state index >= 15 is 0 Å². The quantitative estimate of drug-likeness (QED) is 0.806. The number of aryl methyl sites for hydroxylation is 1. The predicted molar refractivity (Wildman–Crippen MR) is 83.0 cm³/mol. The van der Waals surface area contributed by atoms with Gasteiger partial charge in [0.15, 0.2) is 0 Å². The molecule has 0 saturated carbocycles. The first-order valence-corrected chi connectivity index (χ1v) is 8.25. The molecule has 3 N–H and O–H groups in total. The number of sulfonamides is 1. The van der Waals surface area contributed by atoms with Crippen LogP contribution in [0.1, 0.15) is 5.82 Å². The maximum atomic E-state index is 12.3. The number of aromatic nitrogens is 2. The Kier molecular flexibility index (Phi) is 4.77. The molecule has 0 aliphatic rings. The minimum absolute atomic E-state index is 0.00973. The van der Waals surface area contributed by atoms with Crippen LogP contribution < -0.4 is 10.5 Å². The third-order valence-corrected chi connectivity index (χ3v) is 5.07. The summed E-state index contributed by atoms with van der Waals surface area (Å²) in [5.74, 6) is 0.771. The SMILES string of the molecule is Cn1ccnc1CCNS(=O)(=O)c1c(N)cc(Cl)cc1Cl. The van der Waals surface area contributed by atoms with Gasteiger partial charge in [-0.05, 0) is 12.1 Å². The van der Waals surface area contributed by atoms with Crippen molar-refractivity contribution in [2.24, 2.45) is 7.05 Å². The van der Waals surface area contributed by atoms with Crippen molar-refractivity contribution in [3.05, 3.63) is 40.4 Å². The van der Waals surface area contributed by atoms with Gasteiger partial charge < -0.3 is 10.3 Å². The molecule has 0 unspecified atom stereocenters. The highest BCUT2D eigenvalue weighted by Crippen LogP contribution is 2.30. The number of nitrogens with two attached hydrogens (primary N) is 1. The summed E-state index contributed by atoms with van der Waals surface area (Å²) in [6, 6.07) is 2.69. The minimum Gasteiger partial charge on any atom is -0.398 e. The molecule has 21 heavy (non-hydrogen) atoms. The molecule has 2 aromatic rings. The van der Waals surface area contributed by atoms with Crippen molar-refractivity contribution >= 4 is 38.9 Å². The molecule has 0 spiro atoms. The van der Waals surface area contributed by atoms with Gasteiger partial charge in [-0.15, -0.1) is 0 Å². The lowest BCUT2D eigenvalue weighted by atomic mass is 10.3. The van der Waals surface area contributed by atoms with Crippen molar-refractivity contribution in [1.82, 2.24) is 14.3 Å². The zero-order valence-electron chi connectivity index (χ0n) is 11.2. The summed E-state index contributed by atoms with van der Waals surface area (Å²) in [4.78, 5) is 3.96. The van der Waals surface area contributed by atoms with Crippen LogP contribution in [-0.4, -0.2) is 24.5 Å². The van der Waals surface area contributed by atoms with Gasteiger partial charge in [-0.25, -0.2) is 18.1 Å². The Hall–Kier alpha value is -1.28. The van der Waals surface area contributed by atoms with E-state index in [1.165, 1.54) is 12.1 Å². The average Bonchev–Trinajstić information content (AvgIpc) is 2.73. The van der Waals surface area contributed by atoms with Crippen molar-refractivity contribution in [1.29, 1.82) is 0 Å². The Bertz CT molecular complexity index is 735. The van der Waals surface area contributed by atoms with Crippen molar-refractivity contribution < 1.29 is 8.42 Å². The molecule has 0 saturated heterocycles. The average molecular weight is 349 g/mol. The standard InChI is InChI=1S/C12H14Cl2N4O2S/c1-18-5-4-16-11(18)2-3-17-21(19,20)12-9(14)6-8(13)7-10(12)15/h4-7,17H,2-3,15H2,1H3. The largest absolute Gasteiger partial charge is 0.398 e. The van der Waals surface area contributed by atoms with Crippen molar-refractivity contribution in [3.63, 3.8) is 0 Å². The molecule has 6 nitrogen and oxygen atoms in total. The molecule has 1 heterocycles. The number of nitrogen functional groups attached to an aromatic ring is 1. The summed E-state index contributed by atoms with van der Waals surface area (Å²) >= 11 is 11.7. The molecule has 2 rings (SSSR count). The normalized spacial score (nSPS) is 11.8. The topological polar surface area (TPSA) is 90.0 Å². The molecule has 1 aromatic heterocycles. The molecule has 0 radical (unpaired) electrons. The van der Waals surface area contributed by atoms with Crippen LogP contribution in [0.5, 0.6) is 0 Å². The van der Waals surface area contributed by atoms with E-state index in [9.17, 15) is 8.42 Å². The number of nitrogens with one attached hydrogen (secondary N) is 1. The van der Waals surface area contributed by atoms with Gasteiger partial charge in [0.1, 0.15) is 10.7 Å². The molecule has 0 bridgehead atoms. The monoisotopic (exact) mass is 348 g/mol. The summed E-state index contributed by atoms with van der Waals surface area (Å²) in [5.41, 5.74) is 5.71. The third-order valence-electron chi connectivity index (χ3n) is 2.87. The highest BCUT2D eigenvalue weighted by atomic mass is 35.5. The Balaban J connectivity index is 2.14. The lowest BCUT2D eigenvalue weighted by molar-refractivity contribution is 0.580. The van der Waals surface area contributed by atoms with Crippen LogP contribution in [0.25, 0.3) is 0 Å². The molecule has 0 aliphatic carbocycles. The third kappa shape index (κ3) is 3.68. The van der Waals surface area contributed by atoms with Crippen LogP contribution >= 0.6 is 23.2 Å².